The van der Waals surface area contributed by atoms with Crippen molar-refractivity contribution in [2.45, 2.75) is 6.92 Å². The number of halogens is 1. The second kappa shape index (κ2) is 4.93. The lowest BCUT2D eigenvalue weighted by atomic mass is 10.2. The van der Waals surface area contributed by atoms with Gasteiger partial charge in [0, 0.05) is 16.1 Å². The molecule has 0 amide bonds. The van der Waals surface area contributed by atoms with E-state index in [4.69, 9.17) is 4.74 Å². The standard InChI is InChI=1S/C10H10BrNO3/c1-7-5-9(15-6-8(2)11)3-4-10(7)12(13)14/h3-5H,2,6H2,1H3. The maximum atomic E-state index is 10.5. The van der Waals surface area contributed by atoms with Crippen molar-refractivity contribution in [3.8, 4) is 5.75 Å². The molecule has 0 radical (unpaired) electrons. The third kappa shape index (κ3) is 3.36. The molecule has 1 aromatic carbocycles. The summed E-state index contributed by atoms with van der Waals surface area (Å²) in [4.78, 5) is 10.1. The van der Waals surface area contributed by atoms with Gasteiger partial charge in [0.1, 0.15) is 12.4 Å². The number of hydrogen-bond donors (Lipinski definition) is 0. The average molecular weight is 272 g/mol. The predicted molar refractivity (Wildman–Crippen MR) is 61.4 cm³/mol. The van der Waals surface area contributed by atoms with Gasteiger partial charge in [-0.05, 0) is 19.1 Å². The van der Waals surface area contributed by atoms with E-state index in [9.17, 15) is 10.1 Å². The number of nitro groups is 1. The molecule has 15 heavy (non-hydrogen) atoms. The number of aryl methyl sites for hydroxylation is 1. The molecule has 0 unspecified atom stereocenters. The van der Waals surface area contributed by atoms with E-state index in [0.717, 1.165) is 4.48 Å². The zero-order chi connectivity index (χ0) is 11.4. The van der Waals surface area contributed by atoms with Crippen molar-refractivity contribution in [1.82, 2.24) is 0 Å². The maximum Gasteiger partial charge on any atom is 0.272 e. The van der Waals surface area contributed by atoms with Gasteiger partial charge in [0.15, 0.2) is 0 Å². The minimum Gasteiger partial charge on any atom is -0.488 e. The smallest absolute Gasteiger partial charge is 0.272 e. The lowest BCUT2D eigenvalue weighted by Gasteiger charge is -2.05. The summed E-state index contributed by atoms with van der Waals surface area (Å²) in [6, 6.07) is 4.64. The van der Waals surface area contributed by atoms with Crippen LogP contribution in [0.3, 0.4) is 0 Å². The lowest BCUT2D eigenvalue weighted by Crippen LogP contribution is -1.97. The molecule has 1 rings (SSSR count). The van der Waals surface area contributed by atoms with E-state index in [1.807, 2.05) is 0 Å². The summed E-state index contributed by atoms with van der Waals surface area (Å²) in [5, 5.41) is 10.5. The number of hydrogen-bond acceptors (Lipinski definition) is 3. The van der Waals surface area contributed by atoms with E-state index in [1.54, 1.807) is 19.1 Å². The molecule has 0 N–H and O–H groups in total. The van der Waals surface area contributed by atoms with Crippen molar-refractivity contribution in [2.24, 2.45) is 0 Å². The Morgan fingerprint density at radius 1 is 1.67 bits per heavy atom. The largest absolute Gasteiger partial charge is 0.488 e. The van der Waals surface area contributed by atoms with Gasteiger partial charge in [-0.15, -0.1) is 0 Å². The van der Waals surface area contributed by atoms with Crippen LogP contribution < -0.4 is 4.74 Å². The van der Waals surface area contributed by atoms with Crippen LogP contribution in [0.5, 0.6) is 5.75 Å². The molecule has 1 aromatic rings. The fraction of sp³-hybridized carbons (Fsp3) is 0.200. The van der Waals surface area contributed by atoms with Gasteiger partial charge in [0.2, 0.25) is 0 Å². The molecule has 0 spiro atoms. The molecule has 0 bridgehead atoms. The van der Waals surface area contributed by atoms with E-state index >= 15 is 0 Å². The summed E-state index contributed by atoms with van der Waals surface area (Å²) >= 11 is 3.16. The topological polar surface area (TPSA) is 52.4 Å². The van der Waals surface area contributed by atoms with Gasteiger partial charge in [0.25, 0.3) is 5.69 Å². The summed E-state index contributed by atoms with van der Waals surface area (Å²) in [5.41, 5.74) is 0.678. The zero-order valence-corrected chi connectivity index (χ0v) is 9.78. The van der Waals surface area contributed by atoms with Gasteiger partial charge in [-0.1, -0.05) is 22.5 Å². The summed E-state index contributed by atoms with van der Waals surface area (Å²) < 4.78 is 6.03. The van der Waals surface area contributed by atoms with Gasteiger partial charge < -0.3 is 4.74 Å². The van der Waals surface area contributed by atoms with E-state index in [2.05, 4.69) is 22.5 Å². The minimum absolute atomic E-state index is 0.0972. The van der Waals surface area contributed by atoms with Crippen molar-refractivity contribution >= 4 is 21.6 Å². The molecule has 0 atom stereocenters. The molecule has 0 saturated heterocycles. The Morgan fingerprint density at radius 3 is 2.80 bits per heavy atom. The van der Waals surface area contributed by atoms with Crippen molar-refractivity contribution in [2.75, 3.05) is 6.61 Å². The average Bonchev–Trinajstić information content (AvgIpc) is 2.14. The highest BCUT2D eigenvalue weighted by molar-refractivity contribution is 9.11. The Kier molecular flexibility index (Phi) is 3.85. The molecule has 0 aliphatic carbocycles. The van der Waals surface area contributed by atoms with E-state index in [1.165, 1.54) is 6.07 Å². The summed E-state index contributed by atoms with van der Waals surface area (Å²) in [7, 11) is 0. The van der Waals surface area contributed by atoms with Gasteiger partial charge in [-0.25, -0.2) is 0 Å². The second-order valence-electron chi connectivity index (χ2n) is 3.01. The normalized spacial score (nSPS) is 9.73. The third-order valence-electron chi connectivity index (χ3n) is 1.76. The summed E-state index contributed by atoms with van der Waals surface area (Å²) in [6.45, 7) is 5.64. The molecule has 0 heterocycles. The van der Waals surface area contributed by atoms with E-state index in [0.29, 0.717) is 17.9 Å². The van der Waals surface area contributed by atoms with Crippen molar-refractivity contribution in [3.05, 3.63) is 44.9 Å². The van der Waals surface area contributed by atoms with E-state index in [-0.39, 0.29) is 5.69 Å². The molecular weight excluding hydrogens is 262 g/mol. The van der Waals surface area contributed by atoms with Gasteiger partial charge in [-0.3, -0.25) is 10.1 Å². The Morgan fingerprint density at radius 2 is 2.33 bits per heavy atom. The van der Waals surface area contributed by atoms with Crippen LogP contribution in [0.15, 0.2) is 29.3 Å². The lowest BCUT2D eigenvalue weighted by molar-refractivity contribution is -0.385. The van der Waals surface area contributed by atoms with Crippen molar-refractivity contribution < 1.29 is 9.66 Å². The van der Waals surface area contributed by atoms with Crippen LogP contribution in [0.1, 0.15) is 5.56 Å². The molecule has 0 saturated carbocycles. The molecule has 0 fully saturated rings. The molecule has 0 aliphatic heterocycles. The number of rotatable bonds is 4. The molecule has 0 aliphatic rings. The van der Waals surface area contributed by atoms with Crippen LogP contribution in [0.2, 0.25) is 0 Å². The summed E-state index contributed by atoms with van der Waals surface area (Å²) in [5.74, 6) is 0.596. The minimum atomic E-state index is -0.414. The van der Waals surface area contributed by atoms with Crippen LogP contribution in [0.4, 0.5) is 5.69 Å². The Hall–Kier alpha value is -1.36. The number of benzene rings is 1. The number of nitro benzene ring substituents is 1. The fourth-order valence-corrected chi connectivity index (χ4v) is 1.20. The number of ether oxygens (including phenoxy) is 1. The van der Waals surface area contributed by atoms with Crippen molar-refractivity contribution in [1.29, 1.82) is 0 Å². The second-order valence-corrected chi connectivity index (χ2v) is 4.13. The quantitative estimate of drug-likeness (QED) is 0.624. The predicted octanol–water partition coefficient (Wildman–Crippen LogP) is 3.19. The molecule has 4 nitrogen and oxygen atoms in total. The van der Waals surface area contributed by atoms with Crippen LogP contribution in [-0.4, -0.2) is 11.5 Å². The zero-order valence-electron chi connectivity index (χ0n) is 8.20. The Bertz CT molecular complexity index is 404. The maximum absolute atomic E-state index is 10.5. The van der Waals surface area contributed by atoms with Gasteiger partial charge >= 0.3 is 0 Å². The van der Waals surface area contributed by atoms with Gasteiger partial charge in [-0.2, -0.15) is 0 Å². The highest BCUT2D eigenvalue weighted by Gasteiger charge is 2.10. The molecule has 80 valence electrons. The monoisotopic (exact) mass is 271 g/mol. The molecular formula is C10H10BrNO3. The Balaban J connectivity index is 2.82. The van der Waals surface area contributed by atoms with Crippen LogP contribution in [-0.2, 0) is 0 Å². The molecule has 0 aromatic heterocycles. The summed E-state index contributed by atoms with van der Waals surface area (Å²) in [6.07, 6.45) is 0. The van der Waals surface area contributed by atoms with Gasteiger partial charge in [0.05, 0.1) is 4.92 Å². The van der Waals surface area contributed by atoms with Crippen LogP contribution in [0.25, 0.3) is 0 Å². The highest BCUT2D eigenvalue weighted by atomic mass is 79.9. The first-order valence-electron chi connectivity index (χ1n) is 4.22. The van der Waals surface area contributed by atoms with Crippen molar-refractivity contribution in [3.63, 3.8) is 0 Å². The van der Waals surface area contributed by atoms with Crippen LogP contribution >= 0.6 is 15.9 Å². The number of nitrogens with zero attached hydrogens (tertiary/aromatic N) is 1. The van der Waals surface area contributed by atoms with Crippen LogP contribution in [0, 0.1) is 17.0 Å². The molecule has 5 heteroatoms. The third-order valence-corrected chi connectivity index (χ3v) is 1.99. The SMILES string of the molecule is C=C(Br)COc1ccc([N+](=O)[O-])c(C)c1. The van der Waals surface area contributed by atoms with E-state index < -0.39 is 4.92 Å². The Labute approximate surface area is 95.8 Å². The first kappa shape index (κ1) is 11.7. The fourth-order valence-electron chi connectivity index (χ4n) is 1.08. The highest BCUT2D eigenvalue weighted by Crippen LogP contribution is 2.23. The first-order chi connectivity index (χ1) is 7.00. The first-order valence-corrected chi connectivity index (χ1v) is 5.01.